The summed E-state index contributed by atoms with van der Waals surface area (Å²) in [5.74, 6) is 0.298. The van der Waals surface area contributed by atoms with Gasteiger partial charge in [0.1, 0.15) is 5.82 Å². The van der Waals surface area contributed by atoms with Crippen molar-refractivity contribution in [1.29, 1.82) is 0 Å². The van der Waals surface area contributed by atoms with Crippen molar-refractivity contribution in [3.63, 3.8) is 0 Å². The summed E-state index contributed by atoms with van der Waals surface area (Å²) in [6, 6.07) is 3.05. The lowest BCUT2D eigenvalue weighted by molar-refractivity contribution is 0.168. The van der Waals surface area contributed by atoms with Crippen LogP contribution in [0.1, 0.15) is 20.8 Å². The van der Waals surface area contributed by atoms with Gasteiger partial charge in [0, 0.05) is 6.20 Å². The SMILES string of the molecule is CCOC(=O)Nc1ccc(P(=O)(OCC)OCC)cn1. The van der Waals surface area contributed by atoms with Gasteiger partial charge < -0.3 is 13.8 Å². The van der Waals surface area contributed by atoms with Gasteiger partial charge in [0.25, 0.3) is 0 Å². The van der Waals surface area contributed by atoms with Crippen molar-refractivity contribution < 1.29 is 23.1 Å². The van der Waals surface area contributed by atoms with E-state index in [2.05, 4.69) is 10.3 Å². The van der Waals surface area contributed by atoms with Gasteiger partial charge in [-0.2, -0.15) is 0 Å². The Morgan fingerprint density at radius 2 is 1.85 bits per heavy atom. The molecular formula is C12H19N2O5P. The van der Waals surface area contributed by atoms with Crippen LogP contribution in [0.25, 0.3) is 0 Å². The van der Waals surface area contributed by atoms with E-state index in [1.54, 1.807) is 26.8 Å². The zero-order valence-corrected chi connectivity index (χ0v) is 12.7. The molecule has 0 radical (unpaired) electrons. The maximum Gasteiger partial charge on any atom is 0.412 e. The average Bonchev–Trinajstić information content (AvgIpc) is 2.40. The molecular weight excluding hydrogens is 283 g/mol. The van der Waals surface area contributed by atoms with E-state index in [9.17, 15) is 9.36 Å². The second kappa shape index (κ2) is 7.99. The minimum atomic E-state index is -3.34. The first-order valence-electron chi connectivity index (χ1n) is 6.35. The maximum atomic E-state index is 12.5. The van der Waals surface area contributed by atoms with Gasteiger partial charge in [-0.1, -0.05) is 0 Å². The molecule has 0 aliphatic carbocycles. The van der Waals surface area contributed by atoms with Crippen LogP contribution < -0.4 is 10.6 Å². The number of nitrogens with one attached hydrogen (secondary N) is 1. The molecule has 0 aliphatic rings. The van der Waals surface area contributed by atoms with Crippen molar-refractivity contribution in [3.05, 3.63) is 18.3 Å². The highest BCUT2D eigenvalue weighted by Crippen LogP contribution is 2.46. The van der Waals surface area contributed by atoms with E-state index in [0.717, 1.165) is 0 Å². The molecule has 1 amide bonds. The van der Waals surface area contributed by atoms with Crippen molar-refractivity contribution in [2.24, 2.45) is 0 Å². The minimum Gasteiger partial charge on any atom is -0.450 e. The van der Waals surface area contributed by atoms with Crippen molar-refractivity contribution in [3.8, 4) is 0 Å². The van der Waals surface area contributed by atoms with Crippen LogP contribution in [0.5, 0.6) is 0 Å². The molecule has 0 fully saturated rings. The van der Waals surface area contributed by atoms with Crippen LogP contribution in [-0.2, 0) is 18.3 Å². The molecule has 0 saturated heterocycles. The Kier molecular flexibility index (Phi) is 6.64. The predicted octanol–water partition coefficient (Wildman–Crippen LogP) is 2.54. The summed E-state index contributed by atoms with van der Waals surface area (Å²) < 4.78 is 27.6. The lowest BCUT2D eigenvalue weighted by Crippen LogP contribution is -2.16. The normalized spacial score (nSPS) is 11.2. The molecule has 7 nitrogen and oxygen atoms in total. The number of ether oxygens (including phenoxy) is 1. The Hall–Kier alpha value is -1.43. The Morgan fingerprint density at radius 3 is 2.30 bits per heavy atom. The third-order valence-corrected chi connectivity index (χ3v) is 4.26. The van der Waals surface area contributed by atoms with Crippen molar-refractivity contribution in [1.82, 2.24) is 4.98 Å². The second-order valence-corrected chi connectivity index (χ2v) is 5.61. The lowest BCUT2D eigenvalue weighted by atomic mass is 10.5. The zero-order chi connectivity index (χ0) is 15.0. The number of amides is 1. The molecule has 0 atom stereocenters. The van der Waals surface area contributed by atoms with E-state index in [-0.39, 0.29) is 19.8 Å². The molecule has 8 heteroatoms. The molecule has 1 rings (SSSR count). The quantitative estimate of drug-likeness (QED) is 0.779. The van der Waals surface area contributed by atoms with Gasteiger partial charge in [-0.3, -0.25) is 9.88 Å². The van der Waals surface area contributed by atoms with E-state index in [4.69, 9.17) is 13.8 Å². The van der Waals surface area contributed by atoms with E-state index in [1.165, 1.54) is 12.3 Å². The van der Waals surface area contributed by atoms with Gasteiger partial charge in [0.2, 0.25) is 0 Å². The van der Waals surface area contributed by atoms with Crippen LogP contribution in [0, 0.1) is 0 Å². The van der Waals surface area contributed by atoms with Crippen molar-refractivity contribution in [2.75, 3.05) is 25.1 Å². The fourth-order valence-electron chi connectivity index (χ4n) is 1.42. The molecule has 0 aromatic carbocycles. The lowest BCUT2D eigenvalue weighted by Gasteiger charge is -2.16. The van der Waals surface area contributed by atoms with Crippen molar-refractivity contribution in [2.45, 2.75) is 20.8 Å². The molecule has 0 spiro atoms. The highest BCUT2D eigenvalue weighted by molar-refractivity contribution is 7.62. The number of rotatable bonds is 7. The molecule has 1 aromatic heterocycles. The zero-order valence-electron chi connectivity index (χ0n) is 11.8. The Bertz CT molecular complexity index is 467. The van der Waals surface area contributed by atoms with Crippen LogP contribution in [0.4, 0.5) is 10.6 Å². The third kappa shape index (κ3) is 4.59. The molecule has 112 valence electrons. The van der Waals surface area contributed by atoms with Crippen LogP contribution in [0.15, 0.2) is 18.3 Å². The standard InChI is InChI=1S/C12H19N2O5P/c1-4-17-12(15)14-11-8-7-10(9-13-11)20(16,18-5-2)19-6-3/h7-9H,4-6H2,1-3H3,(H,13,14,15). The van der Waals surface area contributed by atoms with Gasteiger partial charge >= 0.3 is 13.7 Å². The Morgan fingerprint density at radius 1 is 1.20 bits per heavy atom. The van der Waals surface area contributed by atoms with E-state index >= 15 is 0 Å². The molecule has 20 heavy (non-hydrogen) atoms. The van der Waals surface area contributed by atoms with Crippen LogP contribution in [0.3, 0.4) is 0 Å². The summed E-state index contributed by atoms with van der Waals surface area (Å²) >= 11 is 0. The maximum absolute atomic E-state index is 12.5. The number of hydrogen-bond acceptors (Lipinski definition) is 6. The van der Waals surface area contributed by atoms with E-state index < -0.39 is 13.7 Å². The average molecular weight is 302 g/mol. The molecule has 0 unspecified atom stereocenters. The monoisotopic (exact) mass is 302 g/mol. The topological polar surface area (TPSA) is 86.8 Å². The van der Waals surface area contributed by atoms with Gasteiger partial charge in [-0.25, -0.2) is 9.78 Å². The van der Waals surface area contributed by atoms with Gasteiger partial charge in [0.05, 0.1) is 25.1 Å². The second-order valence-electron chi connectivity index (χ2n) is 3.58. The van der Waals surface area contributed by atoms with E-state index in [0.29, 0.717) is 11.1 Å². The summed E-state index contributed by atoms with van der Waals surface area (Å²) in [6.45, 7) is 5.97. The third-order valence-electron chi connectivity index (χ3n) is 2.17. The number of carbonyl (C=O) groups excluding carboxylic acids is 1. The molecule has 0 saturated carbocycles. The van der Waals surface area contributed by atoms with Gasteiger partial charge in [0.15, 0.2) is 0 Å². The first-order valence-corrected chi connectivity index (χ1v) is 7.89. The van der Waals surface area contributed by atoms with Crippen LogP contribution in [0.2, 0.25) is 0 Å². The summed E-state index contributed by atoms with van der Waals surface area (Å²) in [5.41, 5.74) is 0. The number of anilines is 1. The van der Waals surface area contributed by atoms with E-state index in [1.807, 2.05) is 0 Å². The van der Waals surface area contributed by atoms with Crippen LogP contribution >= 0.6 is 7.60 Å². The van der Waals surface area contributed by atoms with Crippen molar-refractivity contribution >= 4 is 24.8 Å². The van der Waals surface area contributed by atoms with Crippen LogP contribution in [-0.4, -0.2) is 30.9 Å². The number of hydrogen-bond donors (Lipinski definition) is 1. The number of aromatic nitrogens is 1. The fraction of sp³-hybridized carbons (Fsp3) is 0.500. The molecule has 1 N–H and O–H groups in total. The number of carbonyl (C=O) groups is 1. The molecule has 1 heterocycles. The smallest absolute Gasteiger partial charge is 0.412 e. The number of nitrogens with zero attached hydrogens (tertiary/aromatic N) is 1. The summed E-state index contributed by atoms with van der Waals surface area (Å²) in [5, 5.41) is 2.79. The summed E-state index contributed by atoms with van der Waals surface area (Å²) in [7, 11) is -3.34. The first kappa shape index (κ1) is 16.6. The number of pyridine rings is 1. The molecule has 0 bridgehead atoms. The first-order chi connectivity index (χ1) is 9.55. The highest BCUT2D eigenvalue weighted by atomic mass is 31.2. The fourth-order valence-corrected chi connectivity index (χ4v) is 2.93. The highest BCUT2D eigenvalue weighted by Gasteiger charge is 2.26. The van der Waals surface area contributed by atoms with Gasteiger partial charge in [-0.05, 0) is 32.9 Å². The van der Waals surface area contributed by atoms with Gasteiger partial charge in [-0.15, -0.1) is 0 Å². The molecule has 1 aromatic rings. The largest absolute Gasteiger partial charge is 0.450 e. The predicted molar refractivity (Wildman–Crippen MR) is 75.4 cm³/mol. The Labute approximate surface area is 118 Å². The Balaban J connectivity index is 2.83. The summed E-state index contributed by atoms with van der Waals surface area (Å²) in [4.78, 5) is 15.2. The summed E-state index contributed by atoms with van der Waals surface area (Å²) in [6.07, 6.45) is 0.763. The minimum absolute atomic E-state index is 0.264. The molecule has 0 aliphatic heterocycles.